The number of aromatic hydroxyl groups is 1. The van der Waals surface area contributed by atoms with Gasteiger partial charge in [-0.05, 0) is 47.2 Å². The van der Waals surface area contributed by atoms with Gasteiger partial charge < -0.3 is 19.5 Å². The summed E-state index contributed by atoms with van der Waals surface area (Å²) in [5, 5.41) is 11.6. The van der Waals surface area contributed by atoms with Crippen molar-refractivity contribution in [2.45, 2.75) is 12.5 Å². The van der Waals surface area contributed by atoms with Gasteiger partial charge in [-0.25, -0.2) is 0 Å². The molecule has 2 heterocycles. The van der Waals surface area contributed by atoms with Crippen LogP contribution in [0.2, 0.25) is 0 Å². The van der Waals surface area contributed by atoms with Gasteiger partial charge in [0.1, 0.15) is 17.2 Å². The van der Waals surface area contributed by atoms with Gasteiger partial charge in [-0.3, -0.25) is 4.79 Å². The molecule has 6 heteroatoms. The molecule has 0 spiro atoms. The van der Waals surface area contributed by atoms with Crippen molar-refractivity contribution in [1.29, 1.82) is 0 Å². The van der Waals surface area contributed by atoms with E-state index in [0.717, 1.165) is 22.4 Å². The molecule has 0 aliphatic carbocycles. The molecule has 0 fully saturated rings. The van der Waals surface area contributed by atoms with Crippen molar-refractivity contribution in [2.24, 2.45) is 0 Å². The Bertz CT molecular complexity index is 965. The molecule has 2 aromatic carbocycles. The van der Waals surface area contributed by atoms with Crippen LogP contribution in [0.1, 0.15) is 32.4 Å². The number of amides is 1. The monoisotopic (exact) mass is 395 g/mol. The van der Waals surface area contributed by atoms with E-state index in [-0.39, 0.29) is 17.7 Å². The predicted octanol–water partition coefficient (Wildman–Crippen LogP) is 4.26. The van der Waals surface area contributed by atoms with Gasteiger partial charge in [-0.2, -0.15) is 0 Å². The number of rotatable bonds is 4. The Labute approximate surface area is 167 Å². The molecule has 5 nitrogen and oxygen atoms in total. The average molecular weight is 395 g/mol. The van der Waals surface area contributed by atoms with Gasteiger partial charge in [0.25, 0.3) is 5.91 Å². The number of carbonyl (C=O) groups is 1. The first-order valence-corrected chi connectivity index (χ1v) is 9.88. The van der Waals surface area contributed by atoms with E-state index < -0.39 is 0 Å². The number of ether oxygens (including phenoxy) is 2. The summed E-state index contributed by atoms with van der Waals surface area (Å²) >= 11 is 1.44. The summed E-state index contributed by atoms with van der Waals surface area (Å²) in [7, 11) is 3.26. The third-order valence-electron chi connectivity index (χ3n) is 5.07. The lowest BCUT2D eigenvalue weighted by atomic mass is 9.87. The molecule has 0 bridgehead atoms. The molecule has 1 unspecified atom stereocenters. The fourth-order valence-corrected chi connectivity index (χ4v) is 4.43. The zero-order chi connectivity index (χ0) is 19.7. The topological polar surface area (TPSA) is 59.0 Å². The SMILES string of the molecule is COc1cc2c(c(OC)c1)C(c1ccc(O)cc1)N(C(=O)c1cccs1)CC2. The summed E-state index contributed by atoms with van der Waals surface area (Å²) in [5.41, 5.74) is 2.99. The van der Waals surface area contributed by atoms with E-state index in [2.05, 4.69) is 0 Å². The highest BCUT2D eigenvalue weighted by Gasteiger charge is 2.35. The van der Waals surface area contributed by atoms with E-state index in [1.54, 1.807) is 26.4 Å². The van der Waals surface area contributed by atoms with Crippen molar-refractivity contribution in [3.8, 4) is 17.2 Å². The molecule has 3 aromatic rings. The van der Waals surface area contributed by atoms with Gasteiger partial charge in [-0.15, -0.1) is 11.3 Å². The largest absolute Gasteiger partial charge is 0.508 e. The molecule has 1 atom stereocenters. The first kappa shape index (κ1) is 18.4. The quantitative estimate of drug-likeness (QED) is 0.717. The van der Waals surface area contributed by atoms with Crippen molar-refractivity contribution < 1.29 is 19.4 Å². The maximum absolute atomic E-state index is 13.3. The van der Waals surface area contributed by atoms with Crippen molar-refractivity contribution in [3.63, 3.8) is 0 Å². The minimum atomic E-state index is -0.306. The minimum Gasteiger partial charge on any atom is -0.508 e. The molecule has 4 rings (SSSR count). The van der Waals surface area contributed by atoms with E-state index in [1.807, 2.05) is 46.7 Å². The number of methoxy groups -OCH3 is 2. The van der Waals surface area contributed by atoms with E-state index >= 15 is 0 Å². The normalized spacial score (nSPS) is 15.8. The second-order valence-corrected chi connectivity index (χ2v) is 7.57. The predicted molar refractivity (Wildman–Crippen MR) is 109 cm³/mol. The summed E-state index contributed by atoms with van der Waals surface area (Å²) in [6.45, 7) is 0.589. The Morgan fingerprint density at radius 2 is 1.93 bits per heavy atom. The van der Waals surface area contributed by atoms with Crippen LogP contribution in [0.4, 0.5) is 0 Å². The van der Waals surface area contributed by atoms with Gasteiger partial charge in [0.15, 0.2) is 0 Å². The maximum Gasteiger partial charge on any atom is 0.264 e. The van der Waals surface area contributed by atoms with Gasteiger partial charge in [-0.1, -0.05) is 18.2 Å². The summed E-state index contributed by atoms with van der Waals surface area (Å²) in [4.78, 5) is 15.9. The van der Waals surface area contributed by atoms with Gasteiger partial charge >= 0.3 is 0 Å². The van der Waals surface area contributed by atoms with Crippen molar-refractivity contribution >= 4 is 17.2 Å². The summed E-state index contributed by atoms with van der Waals surface area (Å²) in [6.07, 6.45) is 0.717. The maximum atomic E-state index is 13.3. The van der Waals surface area contributed by atoms with Crippen LogP contribution in [0.15, 0.2) is 53.9 Å². The van der Waals surface area contributed by atoms with Crippen LogP contribution >= 0.6 is 11.3 Å². The number of fused-ring (bicyclic) bond motifs is 1. The third-order valence-corrected chi connectivity index (χ3v) is 5.92. The second-order valence-electron chi connectivity index (χ2n) is 6.62. The Kier molecular flexibility index (Phi) is 4.96. The van der Waals surface area contributed by atoms with Crippen LogP contribution in [0.3, 0.4) is 0 Å². The Morgan fingerprint density at radius 1 is 1.14 bits per heavy atom. The molecule has 28 heavy (non-hydrogen) atoms. The van der Waals surface area contributed by atoms with Crippen LogP contribution in [0.25, 0.3) is 0 Å². The van der Waals surface area contributed by atoms with Gasteiger partial charge in [0.05, 0.1) is 25.1 Å². The van der Waals surface area contributed by atoms with E-state index in [0.29, 0.717) is 23.6 Å². The molecule has 1 aliphatic heterocycles. The zero-order valence-electron chi connectivity index (χ0n) is 15.7. The number of thiophene rings is 1. The van der Waals surface area contributed by atoms with E-state index in [9.17, 15) is 9.90 Å². The molecule has 1 N–H and O–H groups in total. The Morgan fingerprint density at radius 3 is 2.57 bits per heavy atom. The van der Waals surface area contributed by atoms with Gasteiger partial charge in [0, 0.05) is 18.2 Å². The fraction of sp³-hybridized carbons (Fsp3) is 0.227. The Balaban J connectivity index is 1.88. The van der Waals surface area contributed by atoms with Crippen molar-refractivity contribution in [1.82, 2.24) is 4.90 Å². The third kappa shape index (κ3) is 3.20. The minimum absolute atomic E-state index is 0.00315. The average Bonchev–Trinajstić information content (AvgIpc) is 3.27. The van der Waals surface area contributed by atoms with Crippen LogP contribution < -0.4 is 9.47 Å². The van der Waals surface area contributed by atoms with Crippen LogP contribution in [0.5, 0.6) is 17.2 Å². The zero-order valence-corrected chi connectivity index (χ0v) is 16.5. The first-order valence-electron chi connectivity index (χ1n) is 9.00. The number of phenolic OH excluding ortho intramolecular Hbond substituents is 1. The number of carbonyl (C=O) groups excluding carboxylic acids is 1. The lowest BCUT2D eigenvalue weighted by molar-refractivity contribution is 0.0697. The summed E-state index contributed by atoms with van der Waals surface area (Å²) in [5.74, 6) is 1.61. The lowest BCUT2D eigenvalue weighted by Gasteiger charge is -2.38. The van der Waals surface area contributed by atoms with Crippen LogP contribution in [-0.4, -0.2) is 36.7 Å². The van der Waals surface area contributed by atoms with Crippen molar-refractivity contribution in [2.75, 3.05) is 20.8 Å². The van der Waals surface area contributed by atoms with E-state index in [4.69, 9.17) is 9.47 Å². The molecule has 1 aromatic heterocycles. The molecule has 0 saturated heterocycles. The molecule has 144 valence electrons. The number of phenols is 1. The van der Waals surface area contributed by atoms with Crippen LogP contribution in [-0.2, 0) is 6.42 Å². The van der Waals surface area contributed by atoms with E-state index in [1.165, 1.54) is 11.3 Å². The number of hydrogen-bond acceptors (Lipinski definition) is 5. The molecular formula is C22H21NO4S. The standard InChI is InChI=1S/C22H21NO4S/c1-26-17-12-15-9-10-23(22(25)19-4-3-11-28-19)21(20(15)18(13-17)27-2)14-5-7-16(24)8-6-14/h3-8,11-13,21,24H,9-10H2,1-2H3. The van der Waals surface area contributed by atoms with Crippen molar-refractivity contribution in [3.05, 3.63) is 75.5 Å². The summed E-state index contributed by atoms with van der Waals surface area (Å²) in [6, 6.07) is 14.3. The number of nitrogens with zero attached hydrogens (tertiary/aromatic N) is 1. The highest BCUT2D eigenvalue weighted by atomic mass is 32.1. The first-order chi connectivity index (χ1) is 13.6. The highest BCUT2D eigenvalue weighted by molar-refractivity contribution is 7.12. The number of hydrogen-bond donors (Lipinski definition) is 1. The second kappa shape index (κ2) is 7.56. The molecule has 1 aliphatic rings. The molecule has 0 saturated carbocycles. The molecule has 1 amide bonds. The molecule has 0 radical (unpaired) electrons. The Hall–Kier alpha value is -2.99. The van der Waals surface area contributed by atoms with Gasteiger partial charge in [0.2, 0.25) is 0 Å². The van der Waals surface area contributed by atoms with Crippen LogP contribution in [0, 0.1) is 0 Å². The summed E-state index contributed by atoms with van der Waals surface area (Å²) < 4.78 is 11.1. The lowest BCUT2D eigenvalue weighted by Crippen LogP contribution is -2.40. The highest BCUT2D eigenvalue weighted by Crippen LogP contribution is 2.43. The molecular weight excluding hydrogens is 374 g/mol. The number of benzene rings is 2. The fourth-order valence-electron chi connectivity index (χ4n) is 3.75. The smallest absolute Gasteiger partial charge is 0.264 e.